The Balaban J connectivity index is 0.000001000. The third-order valence-electron chi connectivity index (χ3n) is 2.11. The minimum absolute atomic E-state index is 0. The normalized spacial score (nSPS) is 29.2. The SMILES string of the molecule is CNC1CCOC(C)(C)C1.Cl. The monoisotopic (exact) mass is 179 g/mol. The Hall–Kier alpha value is 0.210. The molecule has 0 aromatic carbocycles. The summed E-state index contributed by atoms with van der Waals surface area (Å²) in [7, 11) is 2.02. The van der Waals surface area contributed by atoms with E-state index in [9.17, 15) is 0 Å². The lowest BCUT2D eigenvalue weighted by Gasteiger charge is -2.35. The fourth-order valence-electron chi connectivity index (χ4n) is 1.48. The Bertz CT molecular complexity index is 117. The molecule has 0 bridgehead atoms. The molecule has 0 aromatic rings. The van der Waals surface area contributed by atoms with Gasteiger partial charge in [-0.2, -0.15) is 0 Å². The van der Waals surface area contributed by atoms with Gasteiger partial charge in [-0.05, 0) is 33.7 Å². The van der Waals surface area contributed by atoms with Gasteiger partial charge in [-0.25, -0.2) is 0 Å². The van der Waals surface area contributed by atoms with Crippen LogP contribution in [0.4, 0.5) is 0 Å². The molecule has 0 spiro atoms. The summed E-state index contributed by atoms with van der Waals surface area (Å²) < 4.78 is 5.56. The van der Waals surface area contributed by atoms with E-state index in [2.05, 4.69) is 19.2 Å². The zero-order valence-electron chi connectivity index (χ0n) is 7.52. The van der Waals surface area contributed by atoms with E-state index in [-0.39, 0.29) is 18.0 Å². The molecular weight excluding hydrogens is 162 g/mol. The highest BCUT2D eigenvalue weighted by Crippen LogP contribution is 2.23. The van der Waals surface area contributed by atoms with E-state index in [1.165, 1.54) is 0 Å². The molecule has 1 saturated heterocycles. The Labute approximate surface area is 75.1 Å². The molecule has 11 heavy (non-hydrogen) atoms. The van der Waals surface area contributed by atoms with Crippen molar-refractivity contribution in [1.29, 1.82) is 0 Å². The standard InChI is InChI=1S/C8H17NO.ClH/c1-8(2)6-7(9-3)4-5-10-8;/h7,9H,4-6H2,1-3H3;1H. The summed E-state index contributed by atoms with van der Waals surface area (Å²) in [5, 5.41) is 3.28. The van der Waals surface area contributed by atoms with E-state index in [1.807, 2.05) is 7.05 Å². The first-order valence-corrected chi connectivity index (χ1v) is 3.95. The molecule has 0 aliphatic carbocycles. The van der Waals surface area contributed by atoms with Crippen LogP contribution in [0.25, 0.3) is 0 Å². The van der Waals surface area contributed by atoms with Gasteiger partial charge in [-0.1, -0.05) is 0 Å². The van der Waals surface area contributed by atoms with Crippen molar-refractivity contribution in [3.8, 4) is 0 Å². The molecule has 1 aliphatic rings. The van der Waals surface area contributed by atoms with Crippen molar-refractivity contribution in [2.24, 2.45) is 0 Å². The topological polar surface area (TPSA) is 21.3 Å². The first-order valence-electron chi connectivity index (χ1n) is 3.95. The molecule has 0 amide bonds. The van der Waals surface area contributed by atoms with Crippen LogP contribution in [0.5, 0.6) is 0 Å². The highest BCUT2D eigenvalue weighted by Gasteiger charge is 2.27. The van der Waals surface area contributed by atoms with Gasteiger partial charge in [-0.15, -0.1) is 12.4 Å². The first kappa shape index (κ1) is 11.2. The van der Waals surface area contributed by atoms with E-state index < -0.39 is 0 Å². The number of hydrogen-bond acceptors (Lipinski definition) is 2. The van der Waals surface area contributed by atoms with Crippen LogP contribution in [-0.2, 0) is 4.74 Å². The summed E-state index contributed by atoms with van der Waals surface area (Å²) >= 11 is 0. The van der Waals surface area contributed by atoms with Crippen LogP contribution >= 0.6 is 12.4 Å². The molecule has 1 N–H and O–H groups in total. The first-order chi connectivity index (χ1) is 4.64. The van der Waals surface area contributed by atoms with Gasteiger partial charge in [0.15, 0.2) is 0 Å². The lowest BCUT2D eigenvalue weighted by atomic mass is 9.94. The van der Waals surface area contributed by atoms with Gasteiger partial charge in [0, 0.05) is 12.6 Å². The van der Waals surface area contributed by atoms with Gasteiger partial charge < -0.3 is 10.1 Å². The maximum Gasteiger partial charge on any atom is 0.0641 e. The van der Waals surface area contributed by atoms with Gasteiger partial charge in [0.1, 0.15) is 0 Å². The number of ether oxygens (including phenoxy) is 1. The summed E-state index contributed by atoms with van der Waals surface area (Å²) in [6, 6.07) is 0.656. The Morgan fingerprint density at radius 2 is 2.09 bits per heavy atom. The molecule has 1 atom stereocenters. The number of rotatable bonds is 1. The van der Waals surface area contributed by atoms with Crippen molar-refractivity contribution in [2.45, 2.75) is 38.3 Å². The summed E-state index contributed by atoms with van der Waals surface area (Å²) in [5.41, 5.74) is 0.0892. The fourth-order valence-corrected chi connectivity index (χ4v) is 1.48. The molecule has 2 nitrogen and oxygen atoms in total. The average Bonchev–Trinajstić information content (AvgIpc) is 1.86. The van der Waals surface area contributed by atoms with Crippen LogP contribution in [-0.4, -0.2) is 25.3 Å². The number of halogens is 1. The van der Waals surface area contributed by atoms with Gasteiger partial charge in [0.25, 0.3) is 0 Å². The maximum atomic E-state index is 5.56. The van der Waals surface area contributed by atoms with Gasteiger partial charge in [-0.3, -0.25) is 0 Å². The van der Waals surface area contributed by atoms with Crippen LogP contribution in [0.2, 0.25) is 0 Å². The molecule has 0 radical (unpaired) electrons. The number of hydrogen-bond donors (Lipinski definition) is 1. The van der Waals surface area contributed by atoms with Crippen LogP contribution in [0.1, 0.15) is 26.7 Å². The van der Waals surface area contributed by atoms with Crippen molar-refractivity contribution in [1.82, 2.24) is 5.32 Å². The Kier molecular flexibility index (Phi) is 4.37. The predicted molar refractivity (Wildman–Crippen MR) is 49.4 cm³/mol. The predicted octanol–water partition coefficient (Wildman–Crippen LogP) is 1.59. The molecule has 1 heterocycles. The largest absolute Gasteiger partial charge is 0.375 e. The van der Waals surface area contributed by atoms with Crippen molar-refractivity contribution < 1.29 is 4.74 Å². The highest BCUT2D eigenvalue weighted by atomic mass is 35.5. The molecule has 1 unspecified atom stereocenters. The Morgan fingerprint density at radius 3 is 2.45 bits per heavy atom. The quantitative estimate of drug-likeness (QED) is 0.660. The molecule has 0 aromatic heterocycles. The van der Waals surface area contributed by atoms with Gasteiger partial charge in [0.05, 0.1) is 5.60 Å². The molecular formula is C8H18ClNO. The second kappa shape index (κ2) is 4.29. The fraction of sp³-hybridized carbons (Fsp3) is 1.00. The van der Waals surface area contributed by atoms with Crippen LogP contribution < -0.4 is 5.32 Å². The number of nitrogens with one attached hydrogen (secondary N) is 1. The minimum atomic E-state index is 0. The van der Waals surface area contributed by atoms with Gasteiger partial charge >= 0.3 is 0 Å². The second-order valence-electron chi connectivity index (χ2n) is 3.59. The van der Waals surface area contributed by atoms with E-state index in [1.54, 1.807) is 0 Å². The molecule has 1 rings (SSSR count). The molecule has 1 fully saturated rings. The minimum Gasteiger partial charge on any atom is -0.375 e. The smallest absolute Gasteiger partial charge is 0.0641 e. The van der Waals surface area contributed by atoms with E-state index in [0.717, 1.165) is 19.4 Å². The van der Waals surface area contributed by atoms with Crippen molar-refractivity contribution in [3.63, 3.8) is 0 Å². The maximum absolute atomic E-state index is 5.56. The Morgan fingerprint density at radius 1 is 1.45 bits per heavy atom. The van der Waals surface area contributed by atoms with E-state index >= 15 is 0 Å². The zero-order chi connectivity index (χ0) is 7.61. The average molecular weight is 180 g/mol. The third-order valence-corrected chi connectivity index (χ3v) is 2.11. The summed E-state index contributed by atoms with van der Waals surface area (Å²) in [6.45, 7) is 5.20. The third kappa shape index (κ3) is 3.41. The zero-order valence-corrected chi connectivity index (χ0v) is 8.33. The lowest BCUT2D eigenvalue weighted by molar-refractivity contribution is -0.0619. The highest BCUT2D eigenvalue weighted by molar-refractivity contribution is 5.85. The molecule has 68 valence electrons. The van der Waals surface area contributed by atoms with Crippen LogP contribution in [0.3, 0.4) is 0 Å². The molecule has 3 heteroatoms. The van der Waals surface area contributed by atoms with Crippen molar-refractivity contribution >= 4 is 12.4 Å². The summed E-state index contributed by atoms with van der Waals surface area (Å²) in [4.78, 5) is 0. The lowest BCUT2D eigenvalue weighted by Crippen LogP contribution is -2.42. The summed E-state index contributed by atoms with van der Waals surface area (Å²) in [5.74, 6) is 0. The van der Waals surface area contributed by atoms with E-state index in [4.69, 9.17) is 4.74 Å². The second-order valence-corrected chi connectivity index (χ2v) is 3.59. The molecule has 1 aliphatic heterocycles. The van der Waals surface area contributed by atoms with E-state index in [0.29, 0.717) is 6.04 Å². The van der Waals surface area contributed by atoms with Crippen LogP contribution in [0, 0.1) is 0 Å². The van der Waals surface area contributed by atoms with Crippen LogP contribution in [0.15, 0.2) is 0 Å². The molecule has 0 saturated carbocycles. The van der Waals surface area contributed by atoms with Gasteiger partial charge in [0.2, 0.25) is 0 Å². The van der Waals surface area contributed by atoms with Crippen molar-refractivity contribution in [2.75, 3.05) is 13.7 Å². The van der Waals surface area contributed by atoms with Crippen molar-refractivity contribution in [3.05, 3.63) is 0 Å². The summed E-state index contributed by atoms with van der Waals surface area (Å²) in [6.07, 6.45) is 2.28.